The van der Waals surface area contributed by atoms with Gasteiger partial charge in [0, 0.05) is 28.1 Å². The number of carboxylic acid groups (broad SMARTS) is 1. The predicted octanol–water partition coefficient (Wildman–Crippen LogP) is 2.10. The van der Waals surface area contributed by atoms with Crippen LogP contribution in [0, 0.1) is 6.92 Å². The van der Waals surface area contributed by atoms with Crippen LogP contribution in [0.5, 0.6) is 5.75 Å². The number of rotatable bonds is 3. The fourth-order valence-electron chi connectivity index (χ4n) is 1.48. The zero-order chi connectivity index (χ0) is 12.7. The third kappa shape index (κ3) is 2.02. The minimum absolute atomic E-state index is 0.340. The van der Waals surface area contributed by atoms with Crippen LogP contribution < -0.4 is 0 Å². The molecule has 0 saturated carbocycles. The molecule has 1 rings (SSSR count). The van der Waals surface area contributed by atoms with E-state index < -0.39 is 31.2 Å². The summed E-state index contributed by atoms with van der Waals surface area (Å²) < 4.78 is 22.1. The number of halogens is 1. The molecule has 1 unspecified atom stereocenters. The van der Waals surface area contributed by atoms with E-state index in [-0.39, 0.29) is 9.77 Å². The van der Waals surface area contributed by atoms with E-state index in [9.17, 15) is 18.3 Å². The maximum Gasteiger partial charge on any atom is 0.344 e. The first-order valence-electron chi connectivity index (χ1n) is 4.25. The standard InChI is InChI=1S/C8H9ClO5S2/c1-3-15-4(2)5(7(11)12)6(10)8(15)16(9,13)14/h3H2,1-2H3,(H-,10,11,12)/p+1. The van der Waals surface area contributed by atoms with Gasteiger partial charge in [0.2, 0.25) is 5.75 Å². The van der Waals surface area contributed by atoms with Crippen molar-refractivity contribution >= 4 is 36.2 Å². The van der Waals surface area contributed by atoms with Crippen LogP contribution in [0.15, 0.2) is 4.21 Å². The monoisotopic (exact) mass is 285 g/mol. The van der Waals surface area contributed by atoms with Crippen LogP contribution in [0.4, 0.5) is 0 Å². The zero-order valence-corrected chi connectivity index (χ0v) is 10.9. The Morgan fingerprint density at radius 3 is 2.25 bits per heavy atom. The van der Waals surface area contributed by atoms with Crippen LogP contribution in [-0.4, -0.2) is 24.6 Å². The van der Waals surface area contributed by atoms with Crippen molar-refractivity contribution in [2.45, 2.75) is 23.8 Å². The molecular formula is C8H10ClO5S2+. The molecule has 0 saturated heterocycles. The first kappa shape index (κ1) is 13.3. The van der Waals surface area contributed by atoms with E-state index in [1.807, 2.05) is 0 Å². The van der Waals surface area contributed by atoms with E-state index in [1.165, 1.54) is 6.92 Å². The van der Waals surface area contributed by atoms with Crippen molar-refractivity contribution in [3.63, 3.8) is 0 Å². The molecule has 0 aromatic carbocycles. The molecule has 5 nitrogen and oxygen atoms in total. The lowest BCUT2D eigenvalue weighted by Crippen LogP contribution is -1.96. The smallest absolute Gasteiger partial charge is 0.344 e. The van der Waals surface area contributed by atoms with Gasteiger partial charge in [-0.25, -0.2) is 13.2 Å². The Morgan fingerprint density at radius 1 is 1.50 bits per heavy atom. The van der Waals surface area contributed by atoms with Gasteiger partial charge < -0.3 is 10.2 Å². The molecule has 2 N–H and O–H groups in total. The molecule has 0 bridgehead atoms. The number of carbonyl (C=O) groups is 1. The third-order valence-corrected chi connectivity index (χ3v) is 6.90. The molecule has 1 heterocycles. The number of hydrogen-bond donors (Lipinski definition) is 2. The Labute approximate surface area is 99.7 Å². The van der Waals surface area contributed by atoms with Crippen molar-refractivity contribution in [1.82, 2.24) is 0 Å². The molecule has 90 valence electrons. The molecule has 0 spiro atoms. The highest BCUT2D eigenvalue weighted by atomic mass is 35.7. The Kier molecular flexibility index (Phi) is 3.51. The van der Waals surface area contributed by atoms with Crippen LogP contribution >= 0.6 is 21.2 Å². The first-order chi connectivity index (χ1) is 7.21. The molecule has 0 fully saturated rings. The summed E-state index contributed by atoms with van der Waals surface area (Å²) in [7, 11) is 0.123. The van der Waals surface area contributed by atoms with Gasteiger partial charge >= 0.3 is 19.2 Å². The fourth-order valence-corrected chi connectivity index (χ4v) is 6.15. The fraction of sp³-hybridized carbons (Fsp3) is 0.375. The van der Waals surface area contributed by atoms with E-state index in [4.69, 9.17) is 15.8 Å². The number of carboxylic acids is 1. The van der Waals surface area contributed by atoms with E-state index in [1.54, 1.807) is 6.92 Å². The lowest BCUT2D eigenvalue weighted by Gasteiger charge is -1.90. The predicted molar refractivity (Wildman–Crippen MR) is 61.0 cm³/mol. The van der Waals surface area contributed by atoms with Crippen molar-refractivity contribution in [1.29, 1.82) is 0 Å². The lowest BCUT2D eigenvalue weighted by atomic mass is 10.2. The van der Waals surface area contributed by atoms with E-state index in [0.717, 1.165) is 0 Å². The van der Waals surface area contributed by atoms with Gasteiger partial charge in [0.25, 0.3) is 0 Å². The van der Waals surface area contributed by atoms with Gasteiger partial charge in [-0.1, -0.05) is 0 Å². The molecule has 0 amide bonds. The molecular weight excluding hydrogens is 276 g/mol. The first-order valence-corrected chi connectivity index (χ1v) is 7.95. The van der Waals surface area contributed by atoms with Crippen LogP contribution in [0.25, 0.3) is 0 Å². The number of hydrogen-bond acceptors (Lipinski definition) is 4. The molecule has 8 heteroatoms. The van der Waals surface area contributed by atoms with Crippen molar-refractivity contribution in [2.24, 2.45) is 0 Å². The highest BCUT2D eigenvalue weighted by Gasteiger charge is 2.39. The SMILES string of the molecule is CC[s+]1c(C)c(C(=O)O)c(O)c1S(=O)(=O)Cl. The van der Waals surface area contributed by atoms with Gasteiger partial charge in [-0.2, -0.15) is 0 Å². The second kappa shape index (κ2) is 4.23. The molecule has 0 aliphatic heterocycles. The van der Waals surface area contributed by atoms with Gasteiger partial charge in [-0.15, -0.1) is 0 Å². The van der Waals surface area contributed by atoms with Gasteiger partial charge in [-0.05, 0) is 6.92 Å². The second-order valence-electron chi connectivity index (χ2n) is 2.99. The highest BCUT2D eigenvalue weighted by Crippen LogP contribution is 2.47. The van der Waals surface area contributed by atoms with Crippen molar-refractivity contribution < 1.29 is 23.4 Å². The zero-order valence-electron chi connectivity index (χ0n) is 8.52. The average molecular weight is 286 g/mol. The molecule has 1 atom stereocenters. The van der Waals surface area contributed by atoms with Crippen LogP contribution in [0.1, 0.15) is 22.2 Å². The highest BCUT2D eigenvalue weighted by molar-refractivity contribution is 8.15. The lowest BCUT2D eigenvalue weighted by molar-refractivity contribution is 0.0693. The minimum atomic E-state index is -4.10. The quantitative estimate of drug-likeness (QED) is 0.655. The largest absolute Gasteiger partial charge is 0.502 e. The van der Waals surface area contributed by atoms with Crippen molar-refractivity contribution in [2.75, 3.05) is 0 Å². The Hall–Kier alpha value is -0.790. The molecule has 1 aromatic heterocycles. The summed E-state index contributed by atoms with van der Waals surface area (Å²) in [5.41, 5.74) is -0.357. The maximum atomic E-state index is 11.3. The van der Waals surface area contributed by atoms with E-state index in [2.05, 4.69) is 0 Å². The molecule has 0 aliphatic carbocycles. The Morgan fingerprint density at radius 2 is 2.00 bits per heavy atom. The number of aromatic hydroxyl groups is 1. The van der Waals surface area contributed by atoms with Crippen molar-refractivity contribution in [3.05, 3.63) is 10.4 Å². The number of thiophene rings is 1. The van der Waals surface area contributed by atoms with Gasteiger partial charge in [0.15, 0.2) is 10.4 Å². The molecule has 1 aromatic rings. The van der Waals surface area contributed by atoms with Gasteiger partial charge in [0.05, 0.1) is 0 Å². The Balaban J connectivity index is 3.76. The maximum absolute atomic E-state index is 11.3. The summed E-state index contributed by atoms with van der Waals surface area (Å²) in [6.45, 7) is 3.19. The van der Waals surface area contributed by atoms with Crippen molar-refractivity contribution in [3.8, 4) is 5.75 Å². The molecule has 0 radical (unpaired) electrons. The number of aromatic carboxylic acids is 1. The summed E-state index contributed by atoms with van der Waals surface area (Å²) >= 11 is 0. The minimum Gasteiger partial charge on any atom is -0.502 e. The molecule has 0 aliphatic rings. The average Bonchev–Trinajstić information content (AvgIpc) is 2.35. The summed E-state index contributed by atoms with van der Waals surface area (Å²) in [6, 6.07) is 0. The normalized spacial score (nSPS) is 12.8. The van der Waals surface area contributed by atoms with Crippen LogP contribution in [-0.2, 0) is 14.8 Å². The Bertz CT molecular complexity index is 543. The summed E-state index contributed by atoms with van der Waals surface area (Å²) in [5.74, 6) is -1.70. The van der Waals surface area contributed by atoms with E-state index in [0.29, 0.717) is 10.6 Å². The molecule has 16 heavy (non-hydrogen) atoms. The second-order valence-corrected chi connectivity index (χ2v) is 8.13. The van der Waals surface area contributed by atoms with E-state index >= 15 is 0 Å². The topological polar surface area (TPSA) is 91.7 Å². The summed E-state index contributed by atoms with van der Waals surface area (Å²) in [5, 5.41) is 18.5. The van der Waals surface area contributed by atoms with Crippen LogP contribution in [0.3, 0.4) is 0 Å². The van der Waals surface area contributed by atoms with Gasteiger partial charge in [-0.3, -0.25) is 0 Å². The summed E-state index contributed by atoms with van der Waals surface area (Å²) in [6.07, 6.45) is 0. The van der Waals surface area contributed by atoms with Crippen LogP contribution in [0.2, 0.25) is 0 Å². The summed E-state index contributed by atoms with van der Waals surface area (Å²) in [4.78, 5) is 11.2. The van der Waals surface area contributed by atoms with Gasteiger partial charge in [0.1, 0.15) is 5.75 Å². The third-order valence-electron chi connectivity index (χ3n) is 2.10.